The molecule has 1 unspecified atom stereocenters. The van der Waals surface area contributed by atoms with E-state index < -0.39 is 18.0 Å². The molecule has 0 fully saturated rings. The number of amides is 1. The number of carbonyl (C=O) groups is 2. The molecule has 2 aliphatic rings. The number of methoxy groups -OCH3 is 1. The lowest BCUT2D eigenvalue weighted by Crippen LogP contribution is -2.30. The molecule has 0 aromatic carbocycles. The lowest BCUT2D eigenvalue weighted by molar-refractivity contribution is -0.135. The van der Waals surface area contributed by atoms with Crippen molar-refractivity contribution in [1.29, 1.82) is 0 Å². The Bertz CT molecular complexity index is 457. The number of fused-ring (bicyclic) bond motifs is 1. The van der Waals surface area contributed by atoms with Crippen molar-refractivity contribution < 1.29 is 19.1 Å². The van der Waals surface area contributed by atoms with Crippen LogP contribution >= 0.6 is 0 Å². The maximum Gasteiger partial charge on any atom is 0.334 e. The van der Waals surface area contributed by atoms with E-state index in [9.17, 15) is 9.59 Å². The molecule has 1 aliphatic carbocycles. The highest BCUT2D eigenvalue weighted by Gasteiger charge is 2.27. The predicted molar refractivity (Wildman–Crippen MR) is 55.7 cm³/mol. The summed E-state index contributed by atoms with van der Waals surface area (Å²) >= 11 is 0. The van der Waals surface area contributed by atoms with Gasteiger partial charge in [-0.3, -0.25) is 4.79 Å². The Kier molecular flexibility index (Phi) is 2.68. The van der Waals surface area contributed by atoms with Crippen LogP contribution in [0.25, 0.3) is 0 Å². The molecule has 0 radical (unpaired) electrons. The van der Waals surface area contributed by atoms with Gasteiger partial charge in [-0.2, -0.15) is 0 Å². The highest BCUT2D eigenvalue weighted by Crippen LogP contribution is 2.17. The molecule has 1 atom stereocenters. The van der Waals surface area contributed by atoms with Gasteiger partial charge >= 0.3 is 11.9 Å². The summed E-state index contributed by atoms with van der Waals surface area (Å²) in [6.07, 6.45) is 7.58. The summed E-state index contributed by atoms with van der Waals surface area (Å²) in [5.74, 6) is -1.31. The first kappa shape index (κ1) is 10.4. The second-order valence-electron chi connectivity index (χ2n) is 3.16. The molecule has 1 amide bonds. The fourth-order valence-corrected chi connectivity index (χ4v) is 1.33. The molecule has 0 saturated carbocycles. The Morgan fingerprint density at radius 3 is 3.12 bits per heavy atom. The zero-order valence-corrected chi connectivity index (χ0v) is 8.54. The molecule has 2 rings (SSSR count). The molecule has 5 nitrogen and oxygen atoms in total. The van der Waals surface area contributed by atoms with E-state index in [0.29, 0.717) is 5.71 Å². The number of rotatable bonds is 1. The van der Waals surface area contributed by atoms with Gasteiger partial charge in [-0.1, -0.05) is 12.2 Å². The van der Waals surface area contributed by atoms with Crippen LogP contribution in [0.4, 0.5) is 0 Å². The van der Waals surface area contributed by atoms with Crippen LogP contribution in [0.15, 0.2) is 41.1 Å². The minimum atomic E-state index is -0.641. The van der Waals surface area contributed by atoms with Gasteiger partial charge in [0.1, 0.15) is 0 Å². The molecule has 0 aromatic heterocycles. The first-order valence-corrected chi connectivity index (χ1v) is 4.65. The molecule has 0 spiro atoms. The van der Waals surface area contributed by atoms with E-state index in [1.807, 2.05) is 0 Å². The van der Waals surface area contributed by atoms with Crippen molar-refractivity contribution in [1.82, 2.24) is 0 Å². The van der Waals surface area contributed by atoms with Crippen molar-refractivity contribution in [3.63, 3.8) is 0 Å². The molecule has 0 saturated heterocycles. The standard InChI is InChI=1S/C11H9NO4/c1-15-10(13)6-9-11(14)12-7-4-2-3-5-8(7)16-9/h2-6,8H,1H3/b9-6+. The number of hydrogen-bond donors (Lipinski definition) is 0. The number of allylic oxidation sites excluding steroid dienone is 2. The van der Waals surface area contributed by atoms with E-state index in [2.05, 4.69) is 9.73 Å². The van der Waals surface area contributed by atoms with Gasteiger partial charge in [0, 0.05) is 0 Å². The Labute approximate surface area is 91.8 Å². The molecule has 1 heterocycles. The summed E-state index contributed by atoms with van der Waals surface area (Å²) in [7, 11) is 1.23. The first-order valence-electron chi connectivity index (χ1n) is 4.65. The normalized spacial score (nSPS) is 24.8. The average molecular weight is 219 g/mol. The van der Waals surface area contributed by atoms with Gasteiger partial charge < -0.3 is 9.47 Å². The molecular formula is C11H9NO4. The van der Waals surface area contributed by atoms with Crippen LogP contribution in [-0.2, 0) is 19.1 Å². The van der Waals surface area contributed by atoms with E-state index in [-0.39, 0.29) is 5.76 Å². The van der Waals surface area contributed by atoms with Crippen LogP contribution < -0.4 is 0 Å². The largest absolute Gasteiger partial charge is 0.474 e. The maximum atomic E-state index is 11.5. The van der Waals surface area contributed by atoms with Crippen molar-refractivity contribution in [2.75, 3.05) is 7.11 Å². The highest BCUT2D eigenvalue weighted by atomic mass is 16.5. The van der Waals surface area contributed by atoms with E-state index >= 15 is 0 Å². The van der Waals surface area contributed by atoms with E-state index in [0.717, 1.165) is 6.08 Å². The third-order valence-electron chi connectivity index (χ3n) is 2.10. The van der Waals surface area contributed by atoms with Gasteiger partial charge in [0.05, 0.1) is 18.9 Å². The van der Waals surface area contributed by atoms with Crippen molar-refractivity contribution in [2.45, 2.75) is 6.10 Å². The molecule has 0 bridgehead atoms. The Morgan fingerprint density at radius 2 is 2.38 bits per heavy atom. The summed E-state index contributed by atoms with van der Waals surface area (Å²) in [5.41, 5.74) is 0.537. The molecule has 1 aliphatic heterocycles. The van der Waals surface area contributed by atoms with Crippen LogP contribution in [0.3, 0.4) is 0 Å². The number of nitrogens with zero attached hydrogens (tertiary/aromatic N) is 1. The van der Waals surface area contributed by atoms with Gasteiger partial charge in [0.25, 0.3) is 0 Å². The van der Waals surface area contributed by atoms with Gasteiger partial charge in [-0.15, -0.1) is 0 Å². The second kappa shape index (κ2) is 4.14. The Balaban J connectivity index is 2.28. The summed E-state index contributed by atoms with van der Waals surface area (Å²) in [6, 6.07) is 0. The van der Waals surface area contributed by atoms with Crippen molar-refractivity contribution in [3.8, 4) is 0 Å². The Morgan fingerprint density at radius 1 is 1.56 bits per heavy atom. The summed E-state index contributed by atoms with van der Waals surface area (Å²) in [4.78, 5) is 26.2. The van der Waals surface area contributed by atoms with Crippen LogP contribution in [0, 0.1) is 0 Å². The predicted octanol–water partition coefficient (Wildman–Crippen LogP) is 0.536. The van der Waals surface area contributed by atoms with Gasteiger partial charge in [-0.25, -0.2) is 9.79 Å². The van der Waals surface area contributed by atoms with Crippen LogP contribution in [0.5, 0.6) is 0 Å². The summed E-state index contributed by atoms with van der Waals surface area (Å²) < 4.78 is 9.73. The number of ether oxygens (including phenoxy) is 2. The van der Waals surface area contributed by atoms with Crippen molar-refractivity contribution in [2.24, 2.45) is 4.99 Å². The lowest BCUT2D eigenvalue weighted by Gasteiger charge is -2.22. The average Bonchev–Trinajstić information content (AvgIpc) is 2.30. The molecule has 16 heavy (non-hydrogen) atoms. The van der Waals surface area contributed by atoms with Crippen LogP contribution in [0.1, 0.15) is 0 Å². The minimum absolute atomic E-state index is 0.0967. The summed E-state index contributed by atoms with van der Waals surface area (Å²) in [5, 5.41) is 0. The Hall–Kier alpha value is -2.17. The topological polar surface area (TPSA) is 65.0 Å². The highest BCUT2D eigenvalue weighted by molar-refractivity contribution is 6.13. The fourth-order valence-electron chi connectivity index (χ4n) is 1.33. The first-order chi connectivity index (χ1) is 7.70. The van der Waals surface area contributed by atoms with Gasteiger partial charge in [0.2, 0.25) is 0 Å². The molecular weight excluding hydrogens is 210 g/mol. The molecule has 5 heteroatoms. The maximum absolute atomic E-state index is 11.5. The lowest BCUT2D eigenvalue weighted by atomic mass is 10.1. The van der Waals surface area contributed by atoms with Gasteiger partial charge in [-0.05, 0) is 12.2 Å². The molecule has 0 aromatic rings. The van der Waals surface area contributed by atoms with E-state index in [1.54, 1.807) is 24.3 Å². The number of carbonyl (C=O) groups excluding carboxylic acids is 2. The van der Waals surface area contributed by atoms with Crippen LogP contribution in [0.2, 0.25) is 0 Å². The zero-order valence-electron chi connectivity index (χ0n) is 8.54. The van der Waals surface area contributed by atoms with Crippen molar-refractivity contribution in [3.05, 3.63) is 36.1 Å². The van der Waals surface area contributed by atoms with E-state index in [1.165, 1.54) is 7.11 Å². The smallest absolute Gasteiger partial charge is 0.334 e. The monoisotopic (exact) mass is 219 g/mol. The molecule has 0 N–H and O–H groups in total. The van der Waals surface area contributed by atoms with Crippen LogP contribution in [-0.4, -0.2) is 30.8 Å². The van der Waals surface area contributed by atoms with E-state index in [4.69, 9.17) is 4.74 Å². The quantitative estimate of drug-likeness (QED) is 0.476. The third kappa shape index (κ3) is 1.93. The SMILES string of the molecule is COC(=O)/C=C1/OC2C=CC=CC2=NC1=O. The fraction of sp³-hybridized carbons (Fsp3) is 0.182. The van der Waals surface area contributed by atoms with Gasteiger partial charge in [0.15, 0.2) is 11.9 Å². The number of hydrogen-bond acceptors (Lipinski definition) is 4. The number of aliphatic imine (C=N–C) groups is 1. The third-order valence-corrected chi connectivity index (χ3v) is 2.10. The zero-order chi connectivity index (χ0) is 11.5. The number of esters is 1. The molecule has 82 valence electrons. The minimum Gasteiger partial charge on any atom is -0.474 e. The van der Waals surface area contributed by atoms with Crippen molar-refractivity contribution >= 4 is 17.6 Å². The second-order valence-corrected chi connectivity index (χ2v) is 3.16. The summed E-state index contributed by atoms with van der Waals surface area (Å²) in [6.45, 7) is 0.